The second kappa shape index (κ2) is 7.92. The van der Waals surface area contributed by atoms with Gasteiger partial charge < -0.3 is 4.90 Å². The standard InChI is InChI=1S/C22H25N5O/c1-16(2)22-23-13-10-20(24-22)26-14-11-18(12-15-26)27-21(28)9-8-19(25-27)17-6-4-3-5-7-17/h3-10,13,16,18H,11-12,14-15H2,1-2H3. The normalized spacial score (nSPS) is 15.2. The molecule has 28 heavy (non-hydrogen) atoms. The number of aromatic nitrogens is 4. The molecule has 3 aromatic rings. The quantitative estimate of drug-likeness (QED) is 0.696. The zero-order valence-electron chi connectivity index (χ0n) is 16.3. The van der Waals surface area contributed by atoms with Crippen LogP contribution in [0, 0.1) is 0 Å². The van der Waals surface area contributed by atoms with Gasteiger partial charge in [0.15, 0.2) is 0 Å². The van der Waals surface area contributed by atoms with Crippen LogP contribution in [-0.2, 0) is 0 Å². The van der Waals surface area contributed by atoms with Crippen molar-refractivity contribution in [3.8, 4) is 11.3 Å². The first-order valence-electron chi connectivity index (χ1n) is 9.85. The van der Waals surface area contributed by atoms with Crippen LogP contribution in [0.5, 0.6) is 0 Å². The van der Waals surface area contributed by atoms with E-state index in [1.807, 2.05) is 42.6 Å². The second-order valence-corrected chi connectivity index (χ2v) is 7.51. The third-order valence-electron chi connectivity index (χ3n) is 5.20. The SMILES string of the molecule is CC(C)c1nccc(N2CCC(n3nc(-c4ccccc4)ccc3=O)CC2)n1. The summed E-state index contributed by atoms with van der Waals surface area (Å²) in [5, 5.41) is 4.66. The number of nitrogens with zero attached hydrogens (tertiary/aromatic N) is 5. The van der Waals surface area contributed by atoms with E-state index in [1.54, 1.807) is 16.8 Å². The molecule has 0 spiro atoms. The number of hydrogen-bond donors (Lipinski definition) is 0. The lowest BCUT2D eigenvalue weighted by atomic mass is 10.0. The Kier molecular flexibility index (Phi) is 5.19. The van der Waals surface area contributed by atoms with Crippen LogP contribution in [0.1, 0.15) is 44.5 Å². The highest BCUT2D eigenvalue weighted by Crippen LogP contribution is 2.25. The van der Waals surface area contributed by atoms with Crippen LogP contribution in [0.25, 0.3) is 11.3 Å². The van der Waals surface area contributed by atoms with Crippen molar-refractivity contribution in [2.75, 3.05) is 18.0 Å². The van der Waals surface area contributed by atoms with E-state index in [9.17, 15) is 4.79 Å². The molecule has 1 fully saturated rings. The minimum atomic E-state index is -0.0396. The summed E-state index contributed by atoms with van der Waals surface area (Å²) in [7, 11) is 0. The van der Waals surface area contributed by atoms with Crippen molar-refractivity contribution >= 4 is 5.82 Å². The molecule has 0 unspecified atom stereocenters. The van der Waals surface area contributed by atoms with E-state index >= 15 is 0 Å². The van der Waals surface area contributed by atoms with Gasteiger partial charge in [0.2, 0.25) is 0 Å². The minimum Gasteiger partial charge on any atom is -0.356 e. The molecule has 0 saturated carbocycles. The Morgan fingerprint density at radius 2 is 1.75 bits per heavy atom. The molecule has 0 atom stereocenters. The van der Waals surface area contributed by atoms with E-state index in [0.29, 0.717) is 5.92 Å². The Bertz CT molecular complexity index is 991. The Labute approximate surface area is 164 Å². The lowest BCUT2D eigenvalue weighted by molar-refractivity contribution is 0.353. The average Bonchev–Trinajstić information content (AvgIpc) is 2.75. The third kappa shape index (κ3) is 3.81. The monoisotopic (exact) mass is 375 g/mol. The van der Waals surface area contributed by atoms with Crippen LogP contribution in [0.3, 0.4) is 0 Å². The summed E-state index contributed by atoms with van der Waals surface area (Å²) in [5.41, 5.74) is 1.82. The minimum absolute atomic E-state index is 0.0396. The van der Waals surface area contributed by atoms with E-state index in [4.69, 9.17) is 4.98 Å². The maximum Gasteiger partial charge on any atom is 0.267 e. The Hall–Kier alpha value is -3.02. The van der Waals surface area contributed by atoms with E-state index in [0.717, 1.165) is 48.8 Å². The fourth-order valence-electron chi connectivity index (χ4n) is 3.61. The number of piperidine rings is 1. The molecule has 2 aromatic heterocycles. The van der Waals surface area contributed by atoms with Gasteiger partial charge in [0.25, 0.3) is 5.56 Å². The summed E-state index contributed by atoms with van der Waals surface area (Å²) >= 11 is 0. The summed E-state index contributed by atoms with van der Waals surface area (Å²) < 4.78 is 1.67. The highest BCUT2D eigenvalue weighted by atomic mass is 16.1. The molecule has 0 bridgehead atoms. The highest BCUT2D eigenvalue weighted by Gasteiger charge is 2.23. The Morgan fingerprint density at radius 3 is 2.46 bits per heavy atom. The van der Waals surface area contributed by atoms with Gasteiger partial charge in [-0.25, -0.2) is 14.6 Å². The first kappa shape index (κ1) is 18.3. The van der Waals surface area contributed by atoms with Gasteiger partial charge >= 0.3 is 0 Å². The molecular weight excluding hydrogens is 350 g/mol. The van der Waals surface area contributed by atoms with Gasteiger partial charge in [0.1, 0.15) is 11.6 Å². The van der Waals surface area contributed by atoms with Crippen molar-refractivity contribution in [1.82, 2.24) is 19.7 Å². The molecule has 0 radical (unpaired) electrons. The largest absolute Gasteiger partial charge is 0.356 e. The average molecular weight is 375 g/mol. The predicted octanol–water partition coefficient (Wildman–Crippen LogP) is 3.67. The van der Waals surface area contributed by atoms with Gasteiger partial charge in [-0.15, -0.1) is 0 Å². The number of hydrogen-bond acceptors (Lipinski definition) is 5. The van der Waals surface area contributed by atoms with E-state index in [2.05, 4.69) is 28.8 Å². The number of rotatable bonds is 4. The van der Waals surface area contributed by atoms with Crippen LogP contribution in [0.4, 0.5) is 5.82 Å². The second-order valence-electron chi connectivity index (χ2n) is 7.51. The number of benzene rings is 1. The lowest BCUT2D eigenvalue weighted by Crippen LogP contribution is -2.38. The summed E-state index contributed by atoms with van der Waals surface area (Å²) in [6.45, 7) is 5.90. The fraction of sp³-hybridized carbons (Fsp3) is 0.364. The highest BCUT2D eigenvalue weighted by molar-refractivity contribution is 5.57. The van der Waals surface area contributed by atoms with Gasteiger partial charge in [-0.3, -0.25) is 4.79 Å². The maximum absolute atomic E-state index is 12.4. The van der Waals surface area contributed by atoms with Crippen molar-refractivity contribution < 1.29 is 0 Å². The maximum atomic E-state index is 12.4. The van der Waals surface area contributed by atoms with E-state index in [-0.39, 0.29) is 11.6 Å². The first-order chi connectivity index (χ1) is 13.6. The Balaban J connectivity index is 1.51. The molecule has 6 nitrogen and oxygen atoms in total. The molecule has 1 aromatic carbocycles. The van der Waals surface area contributed by atoms with Crippen molar-refractivity contribution in [3.05, 3.63) is 70.9 Å². The number of anilines is 1. The molecule has 0 N–H and O–H groups in total. The zero-order valence-corrected chi connectivity index (χ0v) is 16.3. The topological polar surface area (TPSA) is 63.9 Å². The van der Waals surface area contributed by atoms with Crippen molar-refractivity contribution in [2.45, 2.75) is 38.6 Å². The summed E-state index contributed by atoms with van der Waals surface area (Å²) in [6.07, 6.45) is 3.57. The van der Waals surface area contributed by atoms with Crippen LogP contribution < -0.4 is 10.5 Å². The van der Waals surface area contributed by atoms with Gasteiger partial charge in [0.05, 0.1) is 11.7 Å². The smallest absolute Gasteiger partial charge is 0.267 e. The lowest BCUT2D eigenvalue weighted by Gasteiger charge is -2.33. The zero-order chi connectivity index (χ0) is 19.5. The molecule has 0 aliphatic carbocycles. The predicted molar refractivity (Wildman–Crippen MR) is 111 cm³/mol. The van der Waals surface area contributed by atoms with Crippen molar-refractivity contribution in [1.29, 1.82) is 0 Å². The molecule has 1 saturated heterocycles. The molecule has 144 valence electrons. The molecule has 4 rings (SSSR count). The summed E-state index contributed by atoms with van der Waals surface area (Å²) in [5.74, 6) is 2.14. The summed E-state index contributed by atoms with van der Waals surface area (Å²) in [4.78, 5) is 23.8. The van der Waals surface area contributed by atoms with Gasteiger partial charge in [0, 0.05) is 36.8 Å². The molecule has 0 amide bonds. The van der Waals surface area contributed by atoms with E-state index < -0.39 is 0 Å². The van der Waals surface area contributed by atoms with Gasteiger partial charge in [-0.2, -0.15) is 5.10 Å². The van der Waals surface area contributed by atoms with Crippen LogP contribution >= 0.6 is 0 Å². The van der Waals surface area contributed by atoms with E-state index in [1.165, 1.54) is 0 Å². The fourth-order valence-corrected chi connectivity index (χ4v) is 3.61. The Morgan fingerprint density at radius 1 is 1.00 bits per heavy atom. The van der Waals surface area contributed by atoms with Crippen LogP contribution in [-0.4, -0.2) is 32.8 Å². The third-order valence-corrected chi connectivity index (χ3v) is 5.20. The van der Waals surface area contributed by atoms with Crippen LogP contribution in [0.2, 0.25) is 0 Å². The van der Waals surface area contributed by atoms with Crippen molar-refractivity contribution in [2.24, 2.45) is 0 Å². The van der Waals surface area contributed by atoms with Crippen molar-refractivity contribution in [3.63, 3.8) is 0 Å². The molecule has 6 heteroatoms. The molecular formula is C22H25N5O. The molecule has 1 aliphatic rings. The molecule has 3 heterocycles. The van der Waals surface area contributed by atoms with Gasteiger partial charge in [-0.05, 0) is 25.0 Å². The van der Waals surface area contributed by atoms with Gasteiger partial charge in [-0.1, -0.05) is 44.2 Å². The summed E-state index contributed by atoms with van der Waals surface area (Å²) in [6, 6.07) is 15.5. The molecule has 1 aliphatic heterocycles. The first-order valence-corrected chi connectivity index (χ1v) is 9.85. The van der Waals surface area contributed by atoms with Crippen LogP contribution in [0.15, 0.2) is 59.5 Å².